The van der Waals surface area contributed by atoms with Gasteiger partial charge in [0.05, 0.1) is 11.0 Å². The summed E-state index contributed by atoms with van der Waals surface area (Å²) < 4.78 is 25.8. The van der Waals surface area contributed by atoms with Crippen molar-refractivity contribution < 1.29 is 18.3 Å². The van der Waals surface area contributed by atoms with Gasteiger partial charge in [0.25, 0.3) is 0 Å². The van der Waals surface area contributed by atoms with E-state index in [0.717, 1.165) is 0 Å². The summed E-state index contributed by atoms with van der Waals surface area (Å²) in [5.74, 6) is -2.34. The number of hydrogen-bond acceptors (Lipinski definition) is 4. The fourth-order valence-electron chi connectivity index (χ4n) is 3.08. The van der Waals surface area contributed by atoms with Crippen LogP contribution in [-0.4, -0.2) is 24.7 Å². The molecule has 122 valence electrons. The molecule has 0 heterocycles. The van der Waals surface area contributed by atoms with Crippen molar-refractivity contribution in [3.63, 3.8) is 0 Å². The van der Waals surface area contributed by atoms with Crippen LogP contribution in [0.3, 0.4) is 0 Å². The van der Waals surface area contributed by atoms with E-state index < -0.39 is 32.4 Å². The molecule has 2 aromatic carbocycles. The van der Waals surface area contributed by atoms with Gasteiger partial charge in [0.1, 0.15) is 5.25 Å². The largest absolute Gasteiger partial charge is 0.480 e. The number of carboxylic acids is 1. The molecule has 1 aliphatic rings. The Morgan fingerprint density at radius 1 is 1.12 bits per heavy atom. The number of carbonyl (C=O) groups is 1. The molecule has 5 nitrogen and oxygen atoms in total. The molecule has 0 spiro atoms. The molecule has 0 bridgehead atoms. The molecule has 0 saturated heterocycles. The highest BCUT2D eigenvalue weighted by molar-refractivity contribution is 7.92. The number of benzene rings is 2. The van der Waals surface area contributed by atoms with Gasteiger partial charge in [-0.15, -0.1) is 0 Å². The van der Waals surface area contributed by atoms with Crippen molar-refractivity contribution in [1.82, 2.24) is 0 Å². The number of nitrogens with zero attached hydrogens (tertiary/aromatic N) is 1. The highest BCUT2D eigenvalue weighted by Crippen LogP contribution is 2.63. The summed E-state index contributed by atoms with van der Waals surface area (Å²) in [6.07, 6.45) is 0. The molecule has 0 unspecified atom stereocenters. The van der Waals surface area contributed by atoms with Gasteiger partial charge < -0.3 is 5.11 Å². The second-order valence-electron chi connectivity index (χ2n) is 5.59. The lowest BCUT2D eigenvalue weighted by molar-refractivity contribution is -0.141. The third-order valence-electron chi connectivity index (χ3n) is 4.31. The third kappa shape index (κ3) is 2.29. The second-order valence-corrected chi connectivity index (χ2v) is 8.10. The molecule has 1 saturated carbocycles. The molecule has 0 aliphatic heterocycles. The fourth-order valence-corrected chi connectivity index (χ4v) is 5.46. The Morgan fingerprint density at radius 3 is 2.21 bits per heavy atom. The predicted octanol–water partition coefficient (Wildman–Crippen LogP) is 2.87. The zero-order chi connectivity index (χ0) is 17.5. The van der Waals surface area contributed by atoms with Crippen molar-refractivity contribution in [2.75, 3.05) is 0 Å². The number of aliphatic carboxylic acids is 1. The van der Waals surface area contributed by atoms with E-state index in [9.17, 15) is 23.6 Å². The first-order valence-corrected chi connectivity index (χ1v) is 8.97. The normalized spacial score (nSPS) is 25.7. The molecule has 1 aliphatic carbocycles. The molecular weight excluding hydrogens is 350 g/mol. The average molecular weight is 362 g/mol. The Kier molecular flexibility index (Phi) is 3.86. The summed E-state index contributed by atoms with van der Waals surface area (Å²) in [7, 11) is -4.01. The zero-order valence-electron chi connectivity index (χ0n) is 12.3. The van der Waals surface area contributed by atoms with E-state index in [0.29, 0.717) is 10.6 Å². The standard InChI is InChI=1S/C17H12ClNO4S/c18-12-6-8-13(9-7-12)24(22,23)15-14(11-4-2-1-3-5-11)17(15,10-19)16(20)21/h1-9,14-15H,(H,20,21)/t14-,15+,17+/m1/s1. The van der Waals surface area contributed by atoms with Crippen molar-refractivity contribution in [1.29, 1.82) is 5.26 Å². The Hall–Kier alpha value is -2.36. The van der Waals surface area contributed by atoms with Crippen LogP contribution in [0.4, 0.5) is 0 Å². The van der Waals surface area contributed by atoms with E-state index in [1.165, 1.54) is 24.3 Å². The monoisotopic (exact) mass is 361 g/mol. The average Bonchev–Trinajstić information content (AvgIpc) is 3.28. The lowest BCUT2D eigenvalue weighted by Crippen LogP contribution is -2.22. The van der Waals surface area contributed by atoms with Crippen LogP contribution in [0.1, 0.15) is 11.5 Å². The Labute approximate surface area is 144 Å². The first-order valence-electron chi connectivity index (χ1n) is 7.04. The highest BCUT2D eigenvalue weighted by atomic mass is 35.5. The SMILES string of the molecule is N#C[C@]1(C(=O)O)[C@H](c2ccccc2)[C@@H]1S(=O)(=O)c1ccc(Cl)cc1. The van der Waals surface area contributed by atoms with Crippen LogP contribution in [0.5, 0.6) is 0 Å². The summed E-state index contributed by atoms with van der Waals surface area (Å²) in [6.45, 7) is 0. The van der Waals surface area contributed by atoms with Gasteiger partial charge in [-0.2, -0.15) is 5.26 Å². The van der Waals surface area contributed by atoms with Gasteiger partial charge in [-0.05, 0) is 29.8 Å². The zero-order valence-corrected chi connectivity index (χ0v) is 13.8. The van der Waals surface area contributed by atoms with Crippen LogP contribution in [0, 0.1) is 16.7 Å². The maximum Gasteiger partial charge on any atom is 0.326 e. The van der Waals surface area contributed by atoms with Crippen LogP contribution >= 0.6 is 11.6 Å². The lowest BCUT2D eigenvalue weighted by atomic mass is 10.0. The second kappa shape index (κ2) is 5.62. The van der Waals surface area contributed by atoms with Crippen LogP contribution in [-0.2, 0) is 14.6 Å². The summed E-state index contributed by atoms with van der Waals surface area (Å²) in [5, 5.41) is 18.1. The number of rotatable bonds is 4. The summed E-state index contributed by atoms with van der Waals surface area (Å²) in [4.78, 5) is 11.7. The first kappa shape index (κ1) is 16.5. The smallest absolute Gasteiger partial charge is 0.326 e. The third-order valence-corrected chi connectivity index (χ3v) is 6.80. The predicted molar refractivity (Wildman–Crippen MR) is 87.3 cm³/mol. The molecule has 3 atom stereocenters. The Balaban J connectivity index is 2.13. The number of nitriles is 1. The van der Waals surface area contributed by atoms with Gasteiger partial charge in [-0.25, -0.2) is 8.42 Å². The Morgan fingerprint density at radius 2 is 1.71 bits per heavy atom. The van der Waals surface area contributed by atoms with Crippen molar-refractivity contribution in [2.24, 2.45) is 5.41 Å². The number of sulfone groups is 1. The minimum Gasteiger partial charge on any atom is -0.480 e. The van der Waals surface area contributed by atoms with Gasteiger partial charge in [-0.3, -0.25) is 4.79 Å². The maximum absolute atomic E-state index is 12.9. The van der Waals surface area contributed by atoms with Crippen LogP contribution in [0.2, 0.25) is 5.02 Å². The van der Waals surface area contributed by atoms with Gasteiger partial charge in [0.2, 0.25) is 0 Å². The van der Waals surface area contributed by atoms with E-state index in [-0.39, 0.29) is 4.90 Å². The highest BCUT2D eigenvalue weighted by Gasteiger charge is 2.77. The van der Waals surface area contributed by atoms with Gasteiger partial charge >= 0.3 is 5.97 Å². The van der Waals surface area contributed by atoms with Crippen molar-refractivity contribution in [3.8, 4) is 6.07 Å². The minimum atomic E-state index is -4.01. The van der Waals surface area contributed by atoms with Crippen molar-refractivity contribution >= 4 is 27.4 Å². The number of carboxylic acid groups (broad SMARTS) is 1. The van der Waals surface area contributed by atoms with Gasteiger partial charge in [0.15, 0.2) is 15.3 Å². The Bertz CT molecular complexity index is 935. The van der Waals surface area contributed by atoms with Crippen LogP contribution in [0.15, 0.2) is 59.5 Å². The van der Waals surface area contributed by atoms with Crippen molar-refractivity contribution in [2.45, 2.75) is 16.1 Å². The summed E-state index contributed by atoms with van der Waals surface area (Å²) in [6, 6.07) is 15.6. The van der Waals surface area contributed by atoms with E-state index in [4.69, 9.17) is 11.6 Å². The minimum absolute atomic E-state index is 0.0452. The molecular formula is C17H12ClNO4S. The molecule has 1 fully saturated rings. The topological polar surface area (TPSA) is 95.2 Å². The number of hydrogen-bond donors (Lipinski definition) is 1. The number of halogens is 1. The fraction of sp³-hybridized carbons (Fsp3) is 0.176. The lowest BCUT2D eigenvalue weighted by Gasteiger charge is -2.05. The van der Waals surface area contributed by atoms with E-state index in [2.05, 4.69) is 0 Å². The first-order chi connectivity index (χ1) is 11.4. The summed E-state index contributed by atoms with van der Waals surface area (Å²) in [5.41, 5.74) is -1.47. The maximum atomic E-state index is 12.9. The molecule has 0 radical (unpaired) electrons. The molecule has 2 aromatic rings. The molecule has 0 amide bonds. The van der Waals surface area contributed by atoms with Gasteiger partial charge in [-0.1, -0.05) is 41.9 Å². The molecule has 1 N–H and O–H groups in total. The van der Waals surface area contributed by atoms with E-state index >= 15 is 0 Å². The molecule has 24 heavy (non-hydrogen) atoms. The van der Waals surface area contributed by atoms with Crippen molar-refractivity contribution in [3.05, 3.63) is 65.2 Å². The quantitative estimate of drug-likeness (QED) is 0.903. The molecule has 7 heteroatoms. The molecule has 0 aromatic heterocycles. The van der Waals surface area contributed by atoms with E-state index in [1.807, 2.05) is 0 Å². The van der Waals surface area contributed by atoms with Gasteiger partial charge in [0, 0.05) is 10.9 Å². The van der Waals surface area contributed by atoms with E-state index in [1.54, 1.807) is 36.4 Å². The van der Waals surface area contributed by atoms with Crippen LogP contribution < -0.4 is 0 Å². The van der Waals surface area contributed by atoms with Crippen LogP contribution in [0.25, 0.3) is 0 Å². The summed E-state index contributed by atoms with van der Waals surface area (Å²) >= 11 is 5.77. The molecule has 3 rings (SSSR count).